The number of carbonyl (C=O) groups excluding carboxylic acids is 1. The average molecular weight is 234 g/mol. The molecule has 0 aliphatic heterocycles. The summed E-state index contributed by atoms with van der Waals surface area (Å²) in [6, 6.07) is 9.36. The number of nitrogens with one attached hydrogen (secondary N) is 1. The van der Waals surface area contributed by atoms with Gasteiger partial charge in [0.2, 0.25) is 5.91 Å². The largest absolute Gasteiger partial charge is 0.348 e. The number of hydrogen-bond acceptors (Lipinski definition) is 2. The van der Waals surface area contributed by atoms with Crippen LogP contribution < -0.4 is 11.1 Å². The van der Waals surface area contributed by atoms with Gasteiger partial charge < -0.3 is 11.1 Å². The number of amides is 1. The lowest BCUT2D eigenvalue weighted by molar-refractivity contribution is -0.125. The third kappa shape index (κ3) is 3.86. The van der Waals surface area contributed by atoms with Gasteiger partial charge in [0.15, 0.2) is 0 Å². The lowest BCUT2D eigenvalue weighted by Crippen LogP contribution is -2.49. The van der Waals surface area contributed by atoms with Crippen LogP contribution in [0.15, 0.2) is 30.3 Å². The fraction of sp³-hybridized carbons (Fsp3) is 0.500. The van der Waals surface area contributed by atoms with E-state index < -0.39 is 6.04 Å². The Morgan fingerprint density at radius 2 is 1.76 bits per heavy atom. The Bertz CT molecular complexity index is 368. The van der Waals surface area contributed by atoms with Gasteiger partial charge in [-0.25, -0.2) is 0 Å². The van der Waals surface area contributed by atoms with Gasteiger partial charge in [-0.2, -0.15) is 0 Å². The van der Waals surface area contributed by atoms with Gasteiger partial charge in [0, 0.05) is 0 Å². The third-order valence-electron chi connectivity index (χ3n) is 2.87. The molecule has 1 aromatic carbocycles. The minimum Gasteiger partial charge on any atom is -0.348 e. The Kier molecular flexibility index (Phi) is 4.29. The summed E-state index contributed by atoms with van der Waals surface area (Å²) in [4.78, 5) is 11.9. The fourth-order valence-corrected chi connectivity index (χ4v) is 1.52. The van der Waals surface area contributed by atoms with E-state index in [4.69, 9.17) is 5.73 Å². The van der Waals surface area contributed by atoms with Crippen molar-refractivity contribution in [1.29, 1.82) is 0 Å². The van der Waals surface area contributed by atoms with E-state index in [2.05, 4.69) is 5.32 Å². The molecule has 0 saturated carbocycles. The first-order valence-corrected chi connectivity index (χ1v) is 5.93. The maximum absolute atomic E-state index is 11.9. The van der Waals surface area contributed by atoms with Crippen molar-refractivity contribution >= 4 is 5.91 Å². The van der Waals surface area contributed by atoms with Gasteiger partial charge in [0.1, 0.15) is 0 Å². The van der Waals surface area contributed by atoms with Gasteiger partial charge in [-0.05, 0) is 17.9 Å². The number of rotatable bonds is 3. The number of nitrogens with two attached hydrogens (primary N) is 1. The summed E-state index contributed by atoms with van der Waals surface area (Å²) >= 11 is 0. The summed E-state index contributed by atoms with van der Waals surface area (Å²) in [6.45, 7) is 7.85. The topological polar surface area (TPSA) is 55.1 Å². The van der Waals surface area contributed by atoms with Crippen LogP contribution in [-0.4, -0.2) is 11.9 Å². The predicted octanol–water partition coefficient (Wildman–Crippen LogP) is 2.24. The van der Waals surface area contributed by atoms with Gasteiger partial charge in [0.25, 0.3) is 0 Å². The normalized spacial score (nSPS) is 15.1. The molecule has 0 heterocycles. The molecule has 1 amide bonds. The van der Waals surface area contributed by atoms with Crippen LogP contribution in [0.4, 0.5) is 0 Å². The molecule has 0 aromatic heterocycles. The molecule has 0 aliphatic rings. The molecule has 0 bridgehead atoms. The van der Waals surface area contributed by atoms with Crippen LogP contribution in [0, 0.1) is 5.41 Å². The number of hydrogen-bond donors (Lipinski definition) is 2. The molecular weight excluding hydrogens is 212 g/mol. The standard InChI is InChI=1S/C14H22N2O/c1-10(11-8-6-5-7-9-11)16-13(17)12(15)14(2,3)4/h5-10,12H,15H2,1-4H3,(H,16,17)/t10?,12-/m1/s1. The summed E-state index contributed by atoms with van der Waals surface area (Å²) in [7, 11) is 0. The molecule has 0 fully saturated rings. The van der Waals surface area contributed by atoms with Gasteiger partial charge in [0.05, 0.1) is 12.1 Å². The van der Waals surface area contributed by atoms with Crippen LogP contribution >= 0.6 is 0 Å². The van der Waals surface area contributed by atoms with Crippen molar-refractivity contribution < 1.29 is 4.79 Å². The maximum atomic E-state index is 11.9. The summed E-state index contributed by atoms with van der Waals surface area (Å²) in [5, 5.41) is 2.94. The lowest BCUT2D eigenvalue weighted by Gasteiger charge is -2.27. The monoisotopic (exact) mass is 234 g/mol. The third-order valence-corrected chi connectivity index (χ3v) is 2.87. The predicted molar refractivity (Wildman–Crippen MR) is 70.4 cm³/mol. The molecule has 17 heavy (non-hydrogen) atoms. The second-order valence-electron chi connectivity index (χ2n) is 5.48. The molecule has 2 atom stereocenters. The minimum atomic E-state index is -0.492. The summed E-state index contributed by atoms with van der Waals surface area (Å²) < 4.78 is 0. The fourth-order valence-electron chi connectivity index (χ4n) is 1.52. The van der Waals surface area contributed by atoms with Crippen LogP contribution in [-0.2, 0) is 4.79 Å². The Morgan fingerprint density at radius 1 is 1.24 bits per heavy atom. The number of carbonyl (C=O) groups is 1. The van der Waals surface area contributed by atoms with E-state index in [1.807, 2.05) is 58.0 Å². The van der Waals surface area contributed by atoms with Crippen molar-refractivity contribution in [2.24, 2.45) is 11.1 Å². The van der Waals surface area contributed by atoms with E-state index in [1.54, 1.807) is 0 Å². The van der Waals surface area contributed by atoms with Crippen LogP contribution in [0.5, 0.6) is 0 Å². The van der Waals surface area contributed by atoms with Crippen molar-refractivity contribution in [3.05, 3.63) is 35.9 Å². The molecule has 3 nitrogen and oxygen atoms in total. The second kappa shape index (κ2) is 5.32. The molecule has 94 valence electrons. The quantitative estimate of drug-likeness (QED) is 0.842. The van der Waals surface area contributed by atoms with Crippen LogP contribution in [0.3, 0.4) is 0 Å². The zero-order chi connectivity index (χ0) is 13.1. The molecule has 3 heteroatoms. The van der Waals surface area contributed by atoms with E-state index in [0.717, 1.165) is 5.56 Å². The van der Waals surface area contributed by atoms with Crippen LogP contribution in [0.1, 0.15) is 39.3 Å². The van der Waals surface area contributed by atoms with Crippen molar-refractivity contribution in [2.75, 3.05) is 0 Å². The van der Waals surface area contributed by atoms with Crippen molar-refractivity contribution in [3.63, 3.8) is 0 Å². The molecule has 1 aromatic rings. The van der Waals surface area contributed by atoms with Crippen LogP contribution in [0.25, 0.3) is 0 Å². The highest BCUT2D eigenvalue weighted by Gasteiger charge is 2.28. The molecule has 1 unspecified atom stereocenters. The van der Waals surface area contributed by atoms with Crippen LogP contribution in [0.2, 0.25) is 0 Å². The second-order valence-corrected chi connectivity index (χ2v) is 5.48. The van der Waals surface area contributed by atoms with Crippen molar-refractivity contribution in [3.8, 4) is 0 Å². The minimum absolute atomic E-state index is 0.0166. The zero-order valence-electron chi connectivity index (χ0n) is 11.0. The molecule has 1 rings (SSSR count). The highest BCUT2D eigenvalue weighted by Crippen LogP contribution is 2.19. The van der Waals surface area contributed by atoms with Gasteiger partial charge in [-0.15, -0.1) is 0 Å². The van der Waals surface area contributed by atoms with E-state index in [-0.39, 0.29) is 17.4 Å². The van der Waals surface area contributed by atoms with Crippen molar-refractivity contribution in [1.82, 2.24) is 5.32 Å². The van der Waals surface area contributed by atoms with Gasteiger partial charge in [-0.3, -0.25) is 4.79 Å². The Labute approximate surface area is 103 Å². The van der Waals surface area contributed by atoms with E-state index >= 15 is 0 Å². The highest BCUT2D eigenvalue weighted by molar-refractivity contribution is 5.82. The van der Waals surface area contributed by atoms with E-state index in [0.29, 0.717) is 0 Å². The smallest absolute Gasteiger partial charge is 0.237 e. The average Bonchev–Trinajstić information content (AvgIpc) is 2.27. The lowest BCUT2D eigenvalue weighted by atomic mass is 9.86. The SMILES string of the molecule is CC(NC(=O)[C@@H](N)C(C)(C)C)c1ccccc1. The Morgan fingerprint density at radius 3 is 2.24 bits per heavy atom. The summed E-state index contributed by atoms with van der Waals surface area (Å²) in [6.07, 6.45) is 0. The van der Waals surface area contributed by atoms with Gasteiger partial charge in [-0.1, -0.05) is 51.1 Å². The van der Waals surface area contributed by atoms with Gasteiger partial charge >= 0.3 is 0 Å². The molecular formula is C14H22N2O. The first kappa shape index (κ1) is 13.7. The molecule has 0 aliphatic carbocycles. The highest BCUT2D eigenvalue weighted by atomic mass is 16.2. The zero-order valence-corrected chi connectivity index (χ0v) is 11.0. The molecule has 0 saturated heterocycles. The maximum Gasteiger partial charge on any atom is 0.237 e. The van der Waals surface area contributed by atoms with Crippen molar-refractivity contribution in [2.45, 2.75) is 39.8 Å². The first-order valence-electron chi connectivity index (χ1n) is 5.93. The summed E-state index contributed by atoms with van der Waals surface area (Å²) in [5.74, 6) is -0.103. The van der Waals surface area contributed by atoms with E-state index in [9.17, 15) is 4.79 Å². The molecule has 0 radical (unpaired) electrons. The molecule has 0 spiro atoms. The summed E-state index contributed by atoms with van der Waals surface area (Å²) in [5.41, 5.74) is 6.77. The molecule has 3 N–H and O–H groups in total. The van der Waals surface area contributed by atoms with E-state index in [1.165, 1.54) is 0 Å². The number of benzene rings is 1. The first-order chi connectivity index (χ1) is 7.82. The Hall–Kier alpha value is -1.35. The Balaban J connectivity index is 2.64.